The molecule has 17 heavy (non-hydrogen) atoms. The molecule has 0 saturated heterocycles. The van der Waals surface area contributed by atoms with Gasteiger partial charge in [0, 0.05) is 0 Å². The zero-order valence-electron chi connectivity index (χ0n) is 8.82. The molecule has 5 nitrogen and oxygen atoms in total. The fraction of sp³-hybridized carbons (Fsp3) is 0.100. The minimum Gasteiger partial charge on any atom is -0.478 e. The van der Waals surface area contributed by atoms with E-state index in [0.29, 0.717) is 11.5 Å². The third-order valence-corrected chi connectivity index (χ3v) is 2.31. The van der Waals surface area contributed by atoms with Crippen LogP contribution in [0.3, 0.4) is 0 Å². The summed E-state index contributed by atoms with van der Waals surface area (Å²) in [6.07, 6.45) is 1.23. The fourth-order valence-corrected chi connectivity index (χ4v) is 1.66. The topological polar surface area (TPSA) is 88.0 Å². The van der Waals surface area contributed by atoms with Gasteiger partial charge in [-0.3, -0.25) is 0 Å². The van der Waals surface area contributed by atoms with Crippen molar-refractivity contribution in [1.29, 1.82) is 0 Å². The third-order valence-electron chi connectivity index (χ3n) is 1.71. The maximum atomic E-state index is 10.8. The molecule has 0 aromatic heterocycles. The van der Waals surface area contributed by atoms with Crippen LogP contribution in [-0.4, -0.2) is 23.2 Å². The van der Waals surface area contributed by atoms with Crippen molar-refractivity contribution < 1.29 is 9.90 Å². The lowest BCUT2D eigenvalue weighted by Gasteiger charge is -2.02. The Hall–Kier alpha value is -1.59. The summed E-state index contributed by atoms with van der Waals surface area (Å²) in [7, 11) is 0. The Labute approximate surface area is 108 Å². The lowest BCUT2D eigenvalue weighted by Crippen LogP contribution is -2.04. The van der Waals surface area contributed by atoms with Gasteiger partial charge in [-0.15, -0.1) is 0 Å². The van der Waals surface area contributed by atoms with Crippen LogP contribution in [0.2, 0.25) is 10.0 Å². The van der Waals surface area contributed by atoms with Crippen molar-refractivity contribution in [2.75, 3.05) is 0 Å². The SMILES string of the molecule is CC(N)=NC=Nc1cc(Cl)c(C(=O)O)c(Cl)c1. The number of hydrogen-bond donors (Lipinski definition) is 2. The van der Waals surface area contributed by atoms with Gasteiger partial charge in [-0.1, -0.05) is 23.2 Å². The van der Waals surface area contributed by atoms with Crippen LogP contribution in [0.25, 0.3) is 0 Å². The largest absolute Gasteiger partial charge is 0.478 e. The summed E-state index contributed by atoms with van der Waals surface area (Å²) < 4.78 is 0. The monoisotopic (exact) mass is 273 g/mol. The summed E-state index contributed by atoms with van der Waals surface area (Å²) in [4.78, 5) is 18.5. The van der Waals surface area contributed by atoms with Gasteiger partial charge in [-0.05, 0) is 19.1 Å². The number of hydrogen-bond acceptors (Lipinski definition) is 2. The highest BCUT2D eigenvalue weighted by molar-refractivity contribution is 6.39. The minimum atomic E-state index is -1.19. The molecule has 0 fully saturated rings. The Morgan fingerprint density at radius 3 is 2.35 bits per heavy atom. The van der Waals surface area contributed by atoms with Crippen LogP contribution in [-0.2, 0) is 0 Å². The van der Waals surface area contributed by atoms with Gasteiger partial charge in [-0.2, -0.15) is 0 Å². The maximum absolute atomic E-state index is 10.8. The van der Waals surface area contributed by atoms with E-state index in [2.05, 4.69) is 9.98 Å². The lowest BCUT2D eigenvalue weighted by molar-refractivity contribution is 0.0697. The second kappa shape index (κ2) is 5.65. The molecule has 0 atom stereocenters. The summed E-state index contributed by atoms with van der Waals surface area (Å²) in [5.74, 6) is -0.834. The highest BCUT2D eigenvalue weighted by Crippen LogP contribution is 2.30. The van der Waals surface area contributed by atoms with E-state index in [4.69, 9.17) is 34.0 Å². The van der Waals surface area contributed by atoms with Gasteiger partial charge in [0.2, 0.25) is 0 Å². The fourth-order valence-electron chi connectivity index (χ4n) is 1.03. The highest BCUT2D eigenvalue weighted by Gasteiger charge is 2.14. The number of nitrogens with two attached hydrogens (primary N) is 1. The molecule has 0 radical (unpaired) electrons. The average molecular weight is 274 g/mol. The van der Waals surface area contributed by atoms with E-state index in [0.717, 1.165) is 0 Å². The zero-order chi connectivity index (χ0) is 13.0. The molecule has 3 N–H and O–H groups in total. The number of carboxylic acid groups (broad SMARTS) is 1. The standard InChI is InChI=1S/C10H9Cl2N3O2/c1-5(13)14-4-15-6-2-7(11)9(10(16)17)8(12)3-6/h2-4H,1H3,(H,16,17)(H2,13,14,15). The van der Waals surface area contributed by atoms with Gasteiger partial charge in [0.1, 0.15) is 6.34 Å². The zero-order valence-corrected chi connectivity index (χ0v) is 10.3. The van der Waals surface area contributed by atoms with Crippen molar-refractivity contribution in [3.63, 3.8) is 0 Å². The molecule has 90 valence electrons. The first-order valence-corrected chi connectivity index (χ1v) is 5.22. The van der Waals surface area contributed by atoms with Crippen molar-refractivity contribution in [2.45, 2.75) is 6.92 Å². The maximum Gasteiger partial charge on any atom is 0.338 e. The molecule has 1 aromatic rings. The molecule has 0 amide bonds. The quantitative estimate of drug-likeness (QED) is 0.656. The molecule has 1 aromatic carbocycles. The van der Waals surface area contributed by atoms with Crippen LogP contribution in [0.1, 0.15) is 17.3 Å². The molecule has 0 unspecified atom stereocenters. The Morgan fingerprint density at radius 1 is 1.41 bits per heavy atom. The lowest BCUT2D eigenvalue weighted by atomic mass is 10.2. The van der Waals surface area contributed by atoms with Crippen LogP contribution in [0.4, 0.5) is 5.69 Å². The first kappa shape index (κ1) is 13.5. The second-order valence-electron chi connectivity index (χ2n) is 3.10. The van der Waals surface area contributed by atoms with Gasteiger partial charge < -0.3 is 10.8 Å². The summed E-state index contributed by atoms with van der Waals surface area (Å²) in [6.45, 7) is 1.61. The predicted molar refractivity (Wildman–Crippen MR) is 68.9 cm³/mol. The molecule has 0 saturated carbocycles. The van der Waals surface area contributed by atoms with Crippen molar-refractivity contribution >= 4 is 47.0 Å². The molecule has 7 heteroatoms. The van der Waals surface area contributed by atoms with E-state index in [9.17, 15) is 4.79 Å². The van der Waals surface area contributed by atoms with Gasteiger partial charge in [0.25, 0.3) is 0 Å². The summed E-state index contributed by atoms with van der Waals surface area (Å²) >= 11 is 11.5. The molecule has 0 aliphatic rings. The Morgan fingerprint density at radius 2 is 1.94 bits per heavy atom. The smallest absolute Gasteiger partial charge is 0.338 e. The number of aromatic carboxylic acids is 1. The minimum absolute atomic E-state index is 0.0191. The summed E-state index contributed by atoms with van der Waals surface area (Å²) in [5, 5.41) is 8.88. The van der Waals surface area contributed by atoms with Gasteiger partial charge in [0.05, 0.1) is 27.1 Å². The van der Waals surface area contributed by atoms with Crippen molar-refractivity contribution in [1.82, 2.24) is 0 Å². The highest BCUT2D eigenvalue weighted by atomic mass is 35.5. The van der Waals surface area contributed by atoms with E-state index in [-0.39, 0.29) is 15.6 Å². The third kappa shape index (κ3) is 3.72. The molecular weight excluding hydrogens is 265 g/mol. The molecule has 1 rings (SSSR count). The average Bonchev–Trinajstić information content (AvgIpc) is 2.14. The van der Waals surface area contributed by atoms with Crippen LogP contribution in [0, 0.1) is 0 Å². The molecule has 0 aliphatic carbocycles. The second-order valence-corrected chi connectivity index (χ2v) is 3.92. The number of rotatable bonds is 3. The number of carbonyl (C=O) groups is 1. The Balaban J connectivity index is 3.11. The number of aliphatic imine (C=N–C) groups is 2. The number of nitrogens with zero attached hydrogens (tertiary/aromatic N) is 2. The van der Waals surface area contributed by atoms with Crippen molar-refractivity contribution in [2.24, 2.45) is 15.7 Å². The molecule has 0 heterocycles. The van der Waals surface area contributed by atoms with E-state index >= 15 is 0 Å². The van der Waals surface area contributed by atoms with Crippen molar-refractivity contribution in [3.8, 4) is 0 Å². The van der Waals surface area contributed by atoms with Crippen LogP contribution >= 0.6 is 23.2 Å². The Bertz CT molecular complexity index is 485. The van der Waals surface area contributed by atoms with Gasteiger partial charge >= 0.3 is 5.97 Å². The van der Waals surface area contributed by atoms with E-state index in [1.54, 1.807) is 6.92 Å². The predicted octanol–water partition coefficient (Wildman–Crippen LogP) is 2.73. The number of carboxylic acids is 1. The number of amidine groups is 1. The van der Waals surface area contributed by atoms with Gasteiger partial charge in [0.15, 0.2) is 0 Å². The molecular formula is C10H9Cl2N3O2. The van der Waals surface area contributed by atoms with E-state index < -0.39 is 5.97 Å². The van der Waals surface area contributed by atoms with Crippen LogP contribution < -0.4 is 5.73 Å². The van der Waals surface area contributed by atoms with Crippen molar-refractivity contribution in [3.05, 3.63) is 27.7 Å². The number of halogens is 2. The molecule has 0 spiro atoms. The first-order chi connectivity index (χ1) is 7.91. The van der Waals surface area contributed by atoms with Crippen LogP contribution in [0.5, 0.6) is 0 Å². The molecule has 0 bridgehead atoms. The van der Waals surface area contributed by atoms with E-state index in [1.165, 1.54) is 18.5 Å². The summed E-state index contributed by atoms with van der Waals surface area (Å²) in [6, 6.07) is 2.77. The normalized spacial score (nSPS) is 12.1. The Kier molecular flexibility index (Phi) is 4.48. The van der Waals surface area contributed by atoms with E-state index in [1.807, 2.05) is 0 Å². The first-order valence-electron chi connectivity index (χ1n) is 4.46. The number of benzene rings is 1. The van der Waals surface area contributed by atoms with Crippen LogP contribution in [0.15, 0.2) is 22.1 Å². The summed E-state index contributed by atoms with van der Waals surface area (Å²) in [5.41, 5.74) is 5.56. The van der Waals surface area contributed by atoms with Gasteiger partial charge in [-0.25, -0.2) is 14.8 Å². The molecule has 0 aliphatic heterocycles.